The van der Waals surface area contributed by atoms with Crippen LogP contribution in [0.2, 0.25) is 0 Å². The van der Waals surface area contributed by atoms with E-state index in [0.29, 0.717) is 6.42 Å². The van der Waals surface area contributed by atoms with E-state index in [-0.39, 0.29) is 12.5 Å². The maximum absolute atomic E-state index is 12.5. The highest BCUT2D eigenvalue weighted by atomic mass is 16.3. The molecule has 448 valence electrons. The summed E-state index contributed by atoms with van der Waals surface area (Å²) < 4.78 is 0. The monoisotopic (exact) mass is 1070 g/mol. The molecule has 2 unspecified atom stereocenters. The lowest BCUT2D eigenvalue weighted by Crippen LogP contribution is -2.45. The summed E-state index contributed by atoms with van der Waals surface area (Å²) in [6.07, 6.45) is 99.5. The zero-order valence-electron chi connectivity index (χ0n) is 51.7. The number of hydrogen-bond acceptors (Lipinski definition) is 3. The number of nitrogens with one attached hydrogen (secondary N) is 1. The van der Waals surface area contributed by atoms with Crippen molar-refractivity contribution < 1.29 is 15.0 Å². The molecule has 4 nitrogen and oxygen atoms in total. The van der Waals surface area contributed by atoms with Gasteiger partial charge in [-0.3, -0.25) is 4.79 Å². The van der Waals surface area contributed by atoms with Crippen molar-refractivity contribution in [2.75, 3.05) is 6.61 Å². The molecule has 0 rings (SSSR count). The molecule has 0 aromatic carbocycles. The van der Waals surface area contributed by atoms with Crippen molar-refractivity contribution in [2.24, 2.45) is 0 Å². The molecule has 0 spiro atoms. The van der Waals surface area contributed by atoms with Gasteiger partial charge in [-0.2, -0.15) is 0 Å². The number of hydrogen-bond donors (Lipinski definition) is 3. The van der Waals surface area contributed by atoms with Crippen LogP contribution in [0.5, 0.6) is 0 Å². The van der Waals surface area contributed by atoms with Crippen molar-refractivity contribution in [3.63, 3.8) is 0 Å². The Bertz CT molecular complexity index is 1360. The molecule has 0 saturated carbocycles. The molecule has 3 N–H and O–H groups in total. The Labute approximate surface area is 481 Å². The molecule has 2 atom stereocenters. The third-order valence-corrected chi connectivity index (χ3v) is 15.6. The predicted octanol–water partition coefficient (Wildman–Crippen LogP) is 23.4. The van der Waals surface area contributed by atoms with E-state index in [2.05, 4.69) is 92.1 Å². The number of aliphatic hydroxyl groups excluding tert-OH is 2. The molecule has 0 aliphatic rings. The molecule has 0 aromatic rings. The first kappa shape index (κ1) is 74.6. The third kappa shape index (κ3) is 64.3. The van der Waals surface area contributed by atoms with Gasteiger partial charge >= 0.3 is 0 Å². The molecular weight excluding hydrogens is 939 g/mol. The van der Waals surface area contributed by atoms with Crippen LogP contribution in [0, 0.1) is 0 Å². The van der Waals surface area contributed by atoms with Gasteiger partial charge in [-0.05, 0) is 70.6 Å². The predicted molar refractivity (Wildman–Crippen MR) is 345 cm³/mol. The highest BCUT2D eigenvalue weighted by Crippen LogP contribution is 2.18. The fourth-order valence-corrected chi connectivity index (χ4v) is 10.5. The largest absolute Gasteiger partial charge is 0.394 e. The first-order valence-electron chi connectivity index (χ1n) is 34.3. The van der Waals surface area contributed by atoms with Crippen LogP contribution in [-0.2, 0) is 4.79 Å². The summed E-state index contributed by atoms with van der Waals surface area (Å²) in [5, 5.41) is 23.3. The van der Waals surface area contributed by atoms with Gasteiger partial charge in [-0.1, -0.05) is 362 Å². The number of rotatable bonds is 63. The van der Waals surface area contributed by atoms with Gasteiger partial charge in [0, 0.05) is 6.42 Å². The van der Waals surface area contributed by atoms with Gasteiger partial charge in [0.25, 0.3) is 0 Å². The average Bonchev–Trinajstić information content (AvgIpc) is 3.43. The van der Waals surface area contributed by atoms with E-state index in [4.69, 9.17) is 0 Å². The van der Waals surface area contributed by atoms with Crippen molar-refractivity contribution in [1.82, 2.24) is 5.32 Å². The van der Waals surface area contributed by atoms with Crippen LogP contribution in [0.4, 0.5) is 0 Å². The molecule has 0 aliphatic heterocycles. The van der Waals surface area contributed by atoms with Crippen LogP contribution in [0.25, 0.3) is 0 Å². The second-order valence-electron chi connectivity index (χ2n) is 23.2. The van der Waals surface area contributed by atoms with E-state index in [9.17, 15) is 15.0 Å². The Morgan fingerprint density at radius 3 is 0.857 bits per heavy atom. The van der Waals surface area contributed by atoms with E-state index >= 15 is 0 Å². The van der Waals surface area contributed by atoms with E-state index in [0.717, 1.165) is 64.2 Å². The van der Waals surface area contributed by atoms with Crippen LogP contribution in [-0.4, -0.2) is 34.9 Å². The number of carbonyl (C=O) groups excluding carboxylic acids is 1. The molecule has 0 saturated heterocycles. The summed E-state index contributed by atoms with van der Waals surface area (Å²) in [6.45, 7) is 4.23. The second kappa shape index (κ2) is 67.8. The number of allylic oxidation sites excluding steroid dienone is 13. The highest BCUT2D eigenvalue weighted by Gasteiger charge is 2.18. The maximum Gasteiger partial charge on any atom is 0.220 e. The molecule has 1 amide bonds. The van der Waals surface area contributed by atoms with Crippen LogP contribution >= 0.6 is 0 Å². The minimum Gasteiger partial charge on any atom is -0.394 e. The van der Waals surface area contributed by atoms with Crippen molar-refractivity contribution in [3.8, 4) is 0 Å². The van der Waals surface area contributed by atoms with Crippen molar-refractivity contribution in [1.29, 1.82) is 0 Å². The van der Waals surface area contributed by atoms with Crippen molar-refractivity contribution in [2.45, 2.75) is 366 Å². The molecule has 4 heteroatoms. The molecule has 0 heterocycles. The zero-order chi connectivity index (χ0) is 55.5. The van der Waals surface area contributed by atoms with Crippen molar-refractivity contribution in [3.05, 3.63) is 85.1 Å². The summed E-state index contributed by atoms with van der Waals surface area (Å²) in [5.74, 6) is -0.0585. The molecule has 0 aliphatic carbocycles. The summed E-state index contributed by atoms with van der Waals surface area (Å²) >= 11 is 0. The van der Waals surface area contributed by atoms with E-state index in [1.165, 1.54) is 270 Å². The summed E-state index contributed by atoms with van der Waals surface area (Å²) in [5.41, 5.74) is 0. The quantitative estimate of drug-likeness (QED) is 0.0420. The van der Waals surface area contributed by atoms with Crippen LogP contribution in [0.3, 0.4) is 0 Å². The number of unbranched alkanes of at least 4 members (excludes halogenated alkanes) is 44. The summed E-state index contributed by atoms with van der Waals surface area (Å²) in [6, 6.07) is -0.625. The van der Waals surface area contributed by atoms with E-state index in [1.807, 2.05) is 6.08 Å². The molecule has 0 fully saturated rings. The van der Waals surface area contributed by atoms with Gasteiger partial charge in [-0.15, -0.1) is 0 Å². The normalized spacial score (nSPS) is 13.2. The van der Waals surface area contributed by atoms with Gasteiger partial charge in [0.2, 0.25) is 5.91 Å². The molecule has 77 heavy (non-hydrogen) atoms. The first-order chi connectivity index (χ1) is 38.2. The average molecular weight is 1070 g/mol. The second-order valence-corrected chi connectivity index (χ2v) is 23.2. The van der Waals surface area contributed by atoms with Gasteiger partial charge in [0.05, 0.1) is 18.8 Å². The maximum atomic E-state index is 12.5. The lowest BCUT2D eigenvalue weighted by molar-refractivity contribution is -0.123. The SMILES string of the molecule is CC/C=C\C/C=C\C/C=C\C/C=C\C/C=C\C/C=C\CCCCCCCCCCCCCCCCCCCCCCCCC(=O)NC(CO)C(O)/C=C/CCCCCCCCCCCCCCCCCCCCCCCC. The molecule has 0 aromatic heterocycles. The third-order valence-electron chi connectivity index (χ3n) is 15.6. The minimum atomic E-state index is -0.842. The fraction of sp³-hybridized carbons (Fsp3) is 0.795. The highest BCUT2D eigenvalue weighted by molar-refractivity contribution is 5.76. The fourth-order valence-electron chi connectivity index (χ4n) is 10.5. The van der Waals surface area contributed by atoms with Crippen LogP contribution < -0.4 is 5.32 Å². The summed E-state index contributed by atoms with van der Waals surface area (Å²) in [7, 11) is 0. The Hall–Kier alpha value is -2.43. The molecule has 0 radical (unpaired) electrons. The number of aliphatic hydroxyl groups is 2. The minimum absolute atomic E-state index is 0.0585. The molecule has 0 bridgehead atoms. The first-order valence-corrected chi connectivity index (χ1v) is 34.3. The topological polar surface area (TPSA) is 69.6 Å². The van der Waals surface area contributed by atoms with Crippen molar-refractivity contribution >= 4 is 5.91 Å². The smallest absolute Gasteiger partial charge is 0.220 e. The lowest BCUT2D eigenvalue weighted by Gasteiger charge is -2.20. The molecular formula is C73H133NO3. The Kier molecular flexibility index (Phi) is 65.7. The Morgan fingerprint density at radius 2 is 0.571 bits per heavy atom. The van der Waals surface area contributed by atoms with Gasteiger partial charge in [-0.25, -0.2) is 0 Å². The Balaban J connectivity index is 3.44. The van der Waals surface area contributed by atoms with Gasteiger partial charge in [0.1, 0.15) is 0 Å². The lowest BCUT2D eigenvalue weighted by atomic mass is 10.0. The Morgan fingerprint density at radius 1 is 0.325 bits per heavy atom. The number of carbonyl (C=O) groups is 1. The summed E-state index contributed by atoms with van der Waals surface area (Å²) in [4.78, 5) is 12.5. The van der Waals surface area contributed by atoms with E-state index < -0.39 is 12.1 Å². The van der Waals surface area contributed by atoms with Crippen LogP contribution in [0.1, 0.15) is 354 Å². The zero-order valence-corrected chi connectivity index (χ0v) is 51.7. The number of amides is 1. The van der Waals surface area contributed by atoms with E-state index in [1.54, 1.807) is 6.08 Å². The van der Waals surface area contributed by atoms with Gasteiger partial charge in [0.15, 0.2) is 0 Å². The van der Waals surface area contributed by atoms with Gasteiger partial charge < -0.3 is 15.5 Å². The van der Waals surface area contributed by atoms with Crippen LogP contribution in [0.15, 0.2) is 85.1 Å². The standard InChI is InChI=1S/C73H133NO3/c1-3-5-7-9-11-13-15-17-19-21-23-25-27-29-30-31-32-33-34-35-36-37-38-39-40-41-42-43-44-45-47-49-51-53-55-57-59-61-63-65-67-69-73(77)74-71(70-75)72(76)68-66-64-62-60-58-56-54-52-50-48-46-28-26-24-22-20-18-16-14-12-10-8-6-4-2/h5,7,11,13,17,19,23,25,29-30,32-33,66,68,71-72,75-76H,3-4,6,8-10,12,14-16,18,20-22,24,26-28,31,34-65,67,69-70H2,1-2H3,(H,74,77)/b7-5-,13-11-,19-17-,25-23-,30-29-,33-32-,68-66+.